The lowest BCUT2D eigenvalue weighted by Gasteiger charge is -2.17. The molecule has 4 nitrogen and oxygen atoms in total. The first-order chi connectivity index (χ1) is 13.0. The fraction of sp³-hybridized carbons (Fsp3) is 0.143. The molecular formula is C21H16ClNO3S. The number of halogens is 1. The molecular weight excluding hydrogens is 382 g/mol. The molecule has 27 heavy (non-hydrogen) atoms. The van der Waals surface area contributed by atoms with Gasteiger partial charge in [-0.3, -0.25) is 4.99 Å². The molecule has 2 aromatic carbocycles. The molecule has 0 unspecified atom stereocenters. The highest BCUT2D eigenvalue weighted by Crippen LogP contribution is 2.47. The summed E-state index contributed by atoms with van der Waals surface area (Å²) in [6.07, 6.45) is 0.435. The highest BCUT2D eigenvalue weighted by molar-refractivity contribution is 7.99. The number of aryl methyl sites for hydroxylation is 1. The Balaban J connectivity index is 1.90. The Kier molecular flexibility index (Phi) is 4.81. The Morgan fingerprint density at radius 2 is 1.93 bits per heavy atom. The van der Waals surface area contributed by atoms with Gasteiger partial charge >= 0.3 is 5.63 Å². The lowest BCUT2D eigenvalue weighted by Crippen LogP contribution is -2.17. The largest absolute Gasteiger partial charge is 0.507 e. The number of nitrogens with zero attached hydrogens (tertiary/aromatic N) is 1. The minimum absolute atomic E-state index is 0.0544. The molecule has 4 rings (SSSR count). The van der Waals surface area contributed by atoms with Crippen LogP contribution >= 0.6 is 23.4 Å². The maximum Gasteiger partial charge on any atom is 0.348 e. The zero-order chi connectivity index (χ0) is 19.0. The monoisotopic (exact) mass is 397 g/mol. The Morgan fingerprint density at radius 3 is 2.70 bits per heavy atom. The van der Waals surface area contributed by atoms with Gasteiger partial charge in [-0.15, -0.1) is 11.8 Å². The van der Waals surface area contributed by atoms with Gasteiger partial charge in [0, 0.05) is 27.7 Å². The number of hydrogen-bond acceptors (Lipinski definition) is 5. The lowest BCUT2D eigenvalue weighted by molar-refractivity contribution is 0.432. The van der Waals surface area contributed by atoms with Gasteiger partial charge in [0.2, 0.25) is 0 Å². The van der Waals surface area contributed by atoms with Crippen molar-refractivity contribution in [3.8, 4) is 5.75 Å². The molecule has 1 N–H and O–H groups in total. The van der Waals surface area contributed by atoms with Crippen molar-refractivity contribution >= 4 is 34.8 Å². The third-order valence-electron chi connectivity index (χ3n) is 4.36. The lowest BCUT2D eigenvalue weighted by atomic mass is 10.0. The Labute approximate surface area is 165 Å². The smallest absolute Gasteiger partial charge is 0.348 e. The van der Waals surface area contributed by atoms with Gasteiger partial charge in [0.1, 0.15) is 17.1 Å². The van der Waals surface area contributed by atoms with Crippen LogP contribution < -0.4 is 5.63 Å². The Hall–Kier alpha value is -2.50. The molecule has 0 fully saturated rings. The topological polar surface area (TPSA) is 62.8 Å². The number of fused-ring (bicyclic) bond motifs is 1. The van der Waals surface area contributed by atoms with E-state index in [4.69, 9.17) is 21.0 Å². The van der Waals surface area contributed by atoms with Gasteiger partial charge in [-0.2, -0.15) is 0 Å². The number of thioether (sulfide) groups is 1. The van der Waals surface area contributed by atoms with Crippen molar-refractivity contribution in [3.05, 3.63) is 86.9 Å². The minimum atomic E-state index is -0.589. The van der Waals surface area contributed by atoms with Gasteiger partial charge < -0.3 is 9.52 Å². The second-order valence-electron chi connectivity index (χ2n) is 6.26. The van der Waals surface area contributed by atoms with Crippen LogP contribution in [0.1, 0.15) is 28.6 Å². The number of para-hydroxylation sites is 1. The van der Waals surface area contributed by atoms with Gasteiger partial charge in [-0.25, -0.2) is 4.79 Å². The molecule has 0 spiro atoms. The van der Waals surface area contributed by atoms with Crippen LogP contribution in [0.15, 0.2) is 73.7 Å². The van der Waals surface area contributed by atoms with Gasteiger partial charge in [-0.1, -0.05) is 41.9 Å². The molecule has 1 aromatic heterocycles. The van der Waals surface area contributed by atoms with Crippen LogP contribution in [0.25, 0.3) is 0 Å². The molecule has 3 aromatic rings. The van der Waals surface area contributed by atoms with E-state index in [9.17, 15) is 9.90 Å². The fourth-order valence-electron chi connectivity index (χ4n) is 3.14. The maximum absolute atomic E-state index is 12.5. The highest BCUT2D eigenvalue weighted by atomic mass is 35.5. The first-order valence-corrected chi connectivity index (χ1v) is 9.70. The van der Waals surface area contributed by atoms with E-state index in [1.807, 2.05) is 48.5 Å². The van der Waals surface area contributed by atoms with E-state index in [0.29, 0.717) is 22.9 Å². The van der Waals surface area contributed by atoms with Crippen molar-refractivity contribution in [1.29, 1.82) is 0 Å². The Morgan fingerprint density at radius 1 is 1.19 bits per heavy atom. The molecule has 0 aliphatic carbocycles. The van der Waals surface area contributed by atoms with E-state index in [2.05, 4.69) is 0 Å². The van der Waals surface area contributed by atoms with Crippen LogP contribution in [-0.4, -0.2) is 10.8 Å². The van der Waals surface area contributed by atoms with Crippen molar-refractivity contribution in [1.82, 2.24) is 0 Å². The standard InChI is InChI=1S/C21H16ClNO3S/c1-12-10-17(24)20(21(25)26-12)16-11-19(13-6-2-3-7-14(13)22)27-18-9-5-4-8-15(18)23-16/h2-10,19,24H,11H2,1H3/t19-/m1/s1. The average molecular weight is 398 g/mol. The van der Waals surface area contributed by atoms with Crippen molar-refractivity contribution in [2.24, 2.45) is 4.99 Å². The third kappa shape index (κ3) is 3.53. The van der Waals surface area contributed by atoms with Crippen molar-refractivity contribution in [3.63, 3.8) is 0 Å². The molecule has 1 aliphatic rings. The van der Waals surface area contributed by atoms with E-state index >= 15 is 0 Å². The fourth-order valence-corrected chi connectivity index (χ4v) is 4.74. The summed E-state index contributed by atoms with van der Waals surface area (Å²) in [5.41, 5.74) is 1.73. The van der Waals surface area contributed by atoms with Crippen LogP contribution in [0.5, 0.6) is 5.75 Å². The summed E-state index contributed by atoms with van der Waals surface area (Å²) in [7, 11) is 0. The zero-order valence-electron chi connectivity index (χ0n) is 14.5. The number of rotatable bonds is 2. The van der Waals surface area contributed by atoms with Gasteiger partial charge in [0.05, 0.1) is 11.4 Å². The van der Waals surface area contributed by atoms with Crippen molar-refractivity contribution < 1.29 is 9.52 Å². The predicted octanol–water partition coefficient (Wildman–Crippen LogP) is 5.67. The SMILES string of the molecule is Cc1cc(O)c(C2=Nc3ccccc3S[C@@H](c3ccccc3Cl)C2)c(=O)o1. The summed E-state index contributed by atoms with van der Waals surface area (Å²) in [6.45, 7) is 1.62. The number of benzene rings is 2. The first-order valence-electron chi connectivity index (χ1n) is 8.44. The van der Waals surface area contributed by atoms with E-state index < -0.39 is 5.63 Å². The average Bonchev–Trinajstić information content (AvgIpc) is 2.80. The quantitative estimate of drug-likeness (QED) is 0.605. The molecule has 0 radical (unpaired) electrons. The summed E-state index contributed by atoms with van der Waals surface area (Å²) in [5, 5.41) is 11.0. The molecule has 0 saturated carbocycles. The summed E-state index contributed by atoms with van der Waals surface area (Å²) in [5.74, 6) is 0.234. The Bertz CT molecular complexity index is 1110. The van der Waals surface area contributed by atoms with Crippen LogP contribution in [0, 0.1) is 6.92 Å². The third-order valence-corrected chi connectivity index (χ3v) is 6.01. The summed E-state index contributed by atoms with van der Waals surface area (Å²) in [4.78, 5) is 18.1. The number of aliphatic imine (C=N–C) groups is 1. The predicted molar refractivity (Wildman–Crippen MR) is 109 cm³/mol. The van der Waals surface area contributed by atoms with E-state index in [-0.39, 0.29) is 16.6 Å². The molecule has 1 atom stereocenters. The summed E-state index contributed by atoms with van der Waals surface area (Å²) < 4.78 is 5.21. The van der Waals surface area contributed by atoms with E-state index in [1.165, 1.54) is 6.07 Å². The minimum Gasteiger partial charge on any atom is -0.507 e. The van der Waals surface area contributed by atoms with Crippen LogP contribution in [0.2, 0.25) is 5.02 Å². The molecule has 0 amide bonds. The molecule has 6 heteroatoms. The summed E-state index contributed by atoms with van der Waals surface area (Å²) >= 11 is 8.08. The zero-order valence-corrected chi connectivity index (χ0v) is 16.1. The van der Waals surface area contributed by atoms with Crippen LogP contribution in [0.4, 0.5) is 5.69 Å². The molecule has 0 saturated heterocycles. The molecule has 136 valence electrons. The normalized spacial score (nSPS) is 16.4. The first kappa shape index (κ1) is 17.9. The molecule has 1 aliphatic heterocycles. The van der Waals surface area contributed by atoms with Gasteiger partial charge in [-0.05, 0) is 30.7 Å². The van der Waals surface area contributed by atoms with Crippen LogP contribution in [0.3, 0.4) is 0 Å². The van der Waals surface area contributed by atoms with E-state index in [1.54, 1.807) is 18.7 Å². The van der Waals surface area contributed by atoms with Crippen LogP contribution in [-0.2, 0) is 0 Å². The summed E-state index contributed by atoms with van der Waals surface area (Å²) in [6, 6.07) is 16.8. The second-order valence-corrected chi connectivity index (χ2v) is 7.91. The highest BCUT2D eigenvalue weighted by Gasteiger charge is 2.27. The van der Waals surface area contributed by atoms with Gasteiger partial charge in [0.15, 0.2) is 0 Å². The maximum atomic E-state index is 12.5. The molecule has 0 bridgehead atoms. The van der Waals surface area contributed by atoms with Gasteiger partial charge in [0.25, 0.3) is 0 Å². The number of hydrogen-bond donors (Lipinski definition) is 1. The number of aromatic hydroxyl groups is 1. The second kappa shape index (κ2) is 7.25. The van der Waals surface area contributed by atoms with E-state index in [0.717, 1.165) is 16.1 Å². The molecule has 2 heterocycles. The van der Waals surface area contributed by atoms with Crippen molar-refractivity contribution in [2.45, 2.75) is 23.5 Å². The van der Waals surface area contributed by atoms with Crippen molar-refractivity contribution in [2.75, 3.05) is 0 Å².